The van der Waals surface area contributed by atoms with Crippen LogP contribution in [0.25, 0.3) is 0 Å². The predicted octanol–water partition coefficient (Wildman–Crippen LogP) is -0.190. The van der Waals surface area contributed by atoms with Gasteiger partial charge in [-0.05, 0) is 25.7 Å². The van der Waals surface area contributed by atoms with Crippen molar-refractivity contribution in [2.75, 3.05) is 0 Å². The zero-order chi connectivity index (χ0) is 13.2. The molecule has 0 saturated heterocycles. The molecule has 2 aliphatic rings. The number of aromatic nitrogens is 2. The van der Waals surface area contributed by atoms with E-state index >= 15 is 0 Å². The van der Waals surface area contributed by atoms with Crippen molar-refractivity contribution in [3.8, 4) is 0 Å². The van der Waals surface area contributed by atoms with Gasteiger partial charge in [0.2, 0.25) is 5.91 Å². The van der Waals surface area contributed by atoms with E-state index < -0.39 is 0 Å². The lowest BCUT2D eigenvalue weighted by Crippen LogP contribution is -2.51. The second-order valence-corrected chi connectivity index (χ2v) is 5.59. The fourth-order valence-electron chi connectivity index (χ4n) is 2.92. The smallest absolute Gasteiger partial charge is 0.237 e. The summed E-state index contributed by atoms with van der Waals surface area (Å²) in [6, 6.07) is 0.439. The summed E-state index contributed by atoms with van der Waals surface area (Å²) in [5.41, 5.74) is 7.97. The van der Waals surface area contributed by atoms with Crippen molar-refractivity contribution >= 4 is 5.91 Å². The highest BCUT2D eigenvalue weighted by atomic mass is 16.2. The van der Waals surface area contributed by atoms with Gasteiger partial charge < -0.3 is 16.0 Å². The number of carbonyl (C=O) groups is 1. The van der Waals surface area contributed by atoms with E-state index in [2.05, 4.69) is 20.6 Å². The number of nitrogens with two attached hydrogens (primary N) is 1. The molecule has 0 spiro atoms. The number of hydrogen-bond acceptors (Lipinski definition) is 4. The lowest BCUT2D eigenvalue weighted by molar-refractivity contribution is -0.124. The Morgan fingerprint density at radius 2 is 2.16 bits per heavy atom. The Kier molecular flexibility index (Phi) is 3.52. The van der Waals surface area contributed by atoms with Gasteiger partial charge in [0.15, 0.2) is 0 Å². The Morgan fingerprint density at radius 1 is 1.37 bits per heavy atom. The molecule has 1 aromatic heterocycles. The van der Waals surface area contributed by atoms with Gasteiger partial charge in [0.25, 0.3) is 0 Å². The number of fused-ring (bicyclic) bond motifs is 1. The minimum absolute atomic E-state index is 0.0918. The summed E-state index contributed by atoms with van der Waals surface area (Å²) in [5, 5.41) is 6.39. The summed E-state index contributed by atoms with van der Waals surface area (Å²) in [6.07, 6.45) is 6.35. The number of imidazole rings is 1. The number of carbonyl (C=O) groups excluding carboxylic acids is 1. The average molecular weight is 263 g/mol. The lowest BCUT2D eigenvalue weighted by Gasteiger charge is -2.29. The van der Waals surface area contributed by atoms with Gasteiger partial charge >= 0.3 is 0 Å². The number of nitrogens with zero attached hydrogens (tertiary/aromatic N) is 1. The molecular weight excluding hydrogens is 242 g/mol. The van der Waals surface area contributed by atoms with E-state index in [0.29, 0.717) is 19.0 Å². The quantitative estimate of drug-likeness (QED) is 0.595. The van der Waals surface area contributed by atoms with Gasteiger partial charge in [0, 0.05) is 25.0 Å². The van der Waals surface area contributed by atoms with Crippen molar-refractivity contribution in [1.82, 2.24) is 20.6 Å². The zero-order valence-electron chi connectivity index (χ0n) is 11.0. The first-order valence-electron chi connectivity index (χ1n) is 7.03. The summed E-state index contributed by atoms with van der Waals surface area (Å²) in [5.74, 6) is 0.0918. The number of H-pyrrole nitrogens is 1. The van der Waals surface area contributed by atoms with Crippen molar-refractivity contribution in [2.45, 2.75) is 56.8 Å². The molecule has 0 aromatic carbocycles. The highest BCUT2D eigenvalue weighted by Gasteiger charge is 2.28. The lowest BCUT2D eigenvalue weighted by atomic mass is 9.91. The third kappa shape index (κ3) is 2.79. The van der Waals surface area contributed by atoms with E-state index in [1.807, 2.05) is 0 Å². The van der Waals surface area contributed by atoms with Crippen molar-refractivity contribution in [3.63, 3.8) is 0 Å². The van der Waals surface area contributed by atoms with Gasteiger partial charge in [0.1, 0.15) is 0 Å². The molecule has 6 nitrogen and oxygen atoms in total. The molecule has 0 radical (unpaired) electrons. The molecule has 1 aliphatic carbocycles. The maximum absolute atomic E-state index is 12.2. The highest BCUT2D eigenvalue weighted by molar-refractivity contribution is 5.82. The second-order valence-electron chi connectivity index (χ2n) is 5.59. The number of hydrogen-bond donors (Lipinski definition) is 4. The highest BCUT2D eigenvalue weighted by Crippen LogP contribution is 2.18. The van der Waals surface area contributed by atoms with Crippen molar-refractivity contribution in [3.05, 3.63) is 17.7 Å². The molecule has 19 heavy (non-hydrogen) atoms. The first kappa shape index (κ1) is 12.6. The standard InChI is InChI=1S/C13H21N5O/c14-8-1-3-9(4-2-8)18-13(19)11-5-10-12(6-15-11)17-7-16-10/h7-9,11,15H,1-6,14H2,(H,16,17)(H,18,19). The zero-order valence-corrected chi connectivity index (χ0v) is 11.0. The minimum Gasteiger partial charge on any atom is -0.352 e. The van der Waals surface area contributed by atoms with E-state index in [4.69, 9.17) is 5.73 Å². The van der Waals surface area contributed by atoms with E-state index in [1.165, 1.54) is 0 Å². The predicted molar refractivity (Wildman–Crippen MR) is 71.3 cm³/mol. The maximum atomic E-state index is 12.2. The number of aromatic amines is 1. The monoisotopic (exact) mass is 263 g/mol. The molecule has 1 fully saturated rings. The fourth-order valence-corrected chi connectivity index (χ4v) is 2.92. The Morgan fingerprint density at radius 3 is 2.95 bits per heavy atom. The first-order chi connectivity index (χ1) is 9.22. The molecule has 1 aromatic rings. The van der Waals surface area contributed by atoms with Crippen LogP contribution in [-0.2, 0) is 17.8 Å². The van der Waals surface area contributed by atoms with Crippen LogP contribution in [-0.4, -0.2) is 34.0 Å². The Hall–Kier alpha value is -1.40. The molecule has 104 valence electrons. The molecule has 5 N–H and O–H groups in total. The van der Waals surface area contributed by atoms with Crippen LogP contribution in [0.1, 0.15) is 37.1 Å². The number of nitrogens with one attached hydrogen (secondary N) is 3. The van der Waals surface area contributed by atoms with Crippen molar-refractivity contribution in [2.24, 2.45) is 5.73 Å². The molecule has 1 unspecified atom stereocenters. The normalized spacial score (nSPS) is 30.7. The van der Waals surface area contributed by atoms with Crippen LogP contribution >= 0.6 is 0 Å². The largest absolute Gasteiger partial charge is 0.352 e. The summed E-state index contributed by atoms with van der Waals surface area (Å²) < 4.78 is 0. The van der Waals surface area contributed by atoms with Crippen LogP contribution in [0.2, 0.25) is 0 Å². The van der Waals surface area contributed by atoms with Gasteiger partial charge in [-0.15, -0.1) is 0 Å². The minimum atomic E-state index is -0.161. The van der Waals surface area contributed by atoms with Gasteiger partial charge in [-0.2, -0.15) is 0 Å². The molecule has 3 rings (SSSR count). The van der Waals surface area contributed by atoms with E-state index in [1.54, 1.807) is 6.33 Å². The fraction of sp³-hybridized carbons (Fsp3) is 0.692. The molecular formula is C13H21N5O. The molecule has 6 heteroatoms. The van der Waals surface area contributed by atoms with Gasteiger partial charge in [-0.1, -0.05) is 0 Å². The van der Waals surface area contributed by atoms with Crippen molar-refractivity contribution in [1.29, 1.82) is 0 Å². The van der Waals surface area contributed by atoms with Gasteiger partial charge in [0.05, 0.1) is 23.8 Å². The molecule has 2 heterocycles. The Bertz CT molecular complexity index is 450. The van der Waals surface area contributed by atoms with E-state index in [0.717, 1.165) is 37.1 Å². The Balaban J connectivity index is 1.54. The maximum Gasteiger partial charge on any atom is 0.237 e. The molecule has 1 aliphatic heterocycles. The summed E-state index contributed by atoms with van der Waals surface area (Å²) in [6.45, 7) is 0.683. The molecule has 1 atom stereocenters. The van der Waals surface area contributed by atoms with Crippen LogP contribution in [0, 0.1) is 0 Å². The molecule has 1 amide bonds. The number of amides is 1. The van der Waals surface area contributed by atoms with Crippen LogP contribution in [0.15, 0.2) is 6.33 Å². The summed E-state index contributed by atoms with van der Waals surface area (Å²) in [7, 11) is 0. The average Bonchev–Trinajstić information content (AvgIpc) is 2.88. The third-order valence-electron chi connectivity index (χ3n) is 4.16. The SMILES string of the molecule is NC1CCC(NC(=O)C2Cc3nc[nH]c3CN2)CC1. The third-order valence-corrected chi connectivity index (χ3v) is 4.16. The van der Waals surface area contributed by atoms with Crippen LogP contribution in [0.3, 0.4) is 0 Å². The molecule has 1 saturated carbocycles. The van der Waals surface area contributed by atoms with Gasteiger partial charge in [-0.25, -0.2) is 4.98 Å². The van der Waals surface area contributed by atoms with Crippen molar-refractivity contribution < 1.29 is 4.79 Å². The molecule has 0 bridgehead atoms. The van der Waals surface area contributed by atoms with Crippen LogP contribution < -0.4 is 16.4 Å². The van der Waals surface area contributed by atoms with Crippen LogP contribution in [0.5, 0.6) is 0 Å². The van der Waals surface area contributed by atoms with E-state index in [9.17, 15) is 4.79 Å². The summed E-state index contributed by atoms with van der Waals surface area (Å²) >= 11 is 0. The topological polar surface area (TPSA) is 95.8 Å². The number of rotatable bonds is 2. The van der Waals surface area contributed by atoms with E-state index in [-0.39, 0.29) is 18.0 Å². The first-order valence-corrected chi connectivity index (χ1v) is 7.03. The summed E-state index contributed by atoms with van der Waals surface area (Å²) in [4.78, 5) is 19.6. The second kappa shape index (κ2) is 5.30. The van der Waals surface area contributed by atoms with Gasteiger partial charge in [-0.3, -0.25) is 10.1 Å². The Labute approximate surface area is 112 Å². The van der Waals surface area contributed by atoms with Crippen LogP contribution in [0.4, 0.5) is 0 Å².